The van der Waals surface area contributed by atoms with E-state index in [0.717, 1.165) is 4.90 Å². The van der Waals surface area contributed by atoms with Gasteiger partial charge in [0.05, 0.1) is 12.4 Å². The first-order valence-electron chi connectivity index (χ1n) is 4.61. The third-order valence-corrected chi connectivity index (χ3v) is 2.57. The van der Waals surface area contributed by atoms with Crippen LogP contribution in [-0.2, 0) is 9.53 Å². The van der Waals surface area contributed by atoms with Gasteiger partial charge in [0.1, 0.15) is 5.69 Å². The zero-order chi connectivity index (χ0) is 12.0. The molecule has 0 saturated carbocycles. The number of carboxylic acid groups (broad SMARTS) is 1. The van der Waals surface area contributed by atoms with Crippen molar-refractivity contribution in [3.63, 3.8) is 0 Å². The molecule has 1 rings (SSSR count). The number of nitrogens with zero attached hydrogens (tertiary/aromatic N) is 1. The lowest BCUT2D eigenvalue weighted by molar-refractivity contribution is -0.139. The largest absolute Gasteiger partial charge is 0.477 e. The van der Waals surface area contributed by atoms with E-state index >= 15 is 0 Å². The highest BCUT2D eigenvalue weighted by atomic mass is 32.2. The number of carbonyl (C=O) groups is 2. The summed E-state index contributed by atoms with van der Waals surface area (Å²) in [6.07, 6.45) is 1.42. The molecule has 0 aliphatic heterocycles. The zero-order valence-corrected chi connectivity index (χ0v) is 9.49. The number of pyridine rings is 1. The second-order valence-electron chi connectivity index (χ2n) is 2.78. The monoisotopic (exact) mass is 241 g/mol. The molecule has 1 N–H and O–H groups in total. The number of thioether (sulfide) groups is 1. The van der Waals surface area contributed by atoms with Gasteiger partial charge in [-0.15, -0.1) is 11.8 Å². The van der Waals surface area contributed by atoms with E-state index < -0.39 is 5.97 Å². The van der Waals surface area contributed by atoms with Gasteiger partial charge in [0.2, 0.25) is 0 Å². The smallest absolute Gasteiger partial charge is 0.354 e. The normalized spacial score (nSPS) is 9.81. The SMILES string of the molecule is CCOC(=O)CSc1ccc(C(=O)O)nc1. The topological polar surface area (TPSA) is 76.5 Å². The second kappa shape index (κ2) is 6.12. The summed E-state index contributed by atoms with van der Waals surface area (Å²) in [5.41, 5.74) is -0.0134. The lowest BCUT2D eigenvalue weighted by atomic mass is 10.4. The average molecular weight is 241 g/mol. The molecular weight excluding hydrogens is 230 g/mol. The second-order valence-corrected chi connectivity index (χ2v) is 3.83. The van der Waals surface area contributed by atoms with E-state index in [9.17, 15) is 9.59 Å². The molecule has 0 amide bonds. The van der Waals surface area contributed by atoms with Crippen LogP contribution >= 0.6 is 11.8 Å². The molecule has 16 heavy (non-hydrogen) atoms. The molecule has 1 heterocycles. The van der Waals surface area contributed by atoms with Gasteiger partial charge in [-0.05, 0) is 19.1 Å². The molecule has 0 aliphatic rings. The molecule has 1 aromatic heterocycles. The van der Waals surface area contributed by atoms with E-state index in [1.807, 2.05) is 0 Å². The summed E-state index contributed by atoms with van der Waals surface area (Å²) in [4.78, 5) is 26.0. The quantitative estimate of drug-likeness (QED) is 0.621. The van der Waals surface area contributed by atoms with Gasteiger partial charge in [0.15, 0.2) is 0 Å². The van der Waals surface area contributed by atoms with Gasteiger partial charge in [-0.3, -0.25) is 4.79 Å². The van der Waals surface area contributed by atoms with Gasteiger partial charge in [-0.1, -0.05) is 0 Å². The van der Waals surface area contributed by atoms with E-state index in [2.05, 4.69) is 4.98 Å². The Balaban J connectivity index is 2.49. The van der Waals surface area contributed by atoms with Crippen molar-refractivity contribution >= 4 is 23.7 Å². The van der Waals surface area contributed by atoms with Crippen molar-refractivity contribution in [1.82, 2.24) is 4.98 Å². The number of hydrogen-bond acceptors (Lipinski definition) is 5. The van der Waals surface area contributed by atoms with E-state index in [1.165, 1.54) is 24.0 Å². The molecule has 86 valence electrons. The van der Waals surface area contributed by atoms with Crippen molar-refractivity contribution in [1.29, 1.82) is 0 Å². The summed E-state index contributed by atoms with van der Waals surface area (Å²) >= 11 is 1.26. The summed E-state index contributed by atoms with van der Waals surface area (Å²) in [6, 6.07) is 3.01. The van der Waals surface area contributed by atoms with Gasteiger partial charge in [0.25, 0.3) is 0 Å². The number of hydrogen-bond donors (Lipinski definition) is 1. The van der Waals surface area contributed by atoms with E-state index in [4.69, 9.17) is 9.84 Å². The van der Waals surface area contributed by atoms with Crippen LogP contribution in [0.5, 0.6) is 0 Å². The number of aromatic nitrogens is 1. The van der Waals surface area contributed by atoms with Gasteiger partial charge in [-0.25, -0.2) is 9.78 Å². The molecule has 0 bridgehead atoms. The maximum absolute atomic E-state index is 11.0. The minimum Gasteiger partial charge on any atom is -0.477 e. The summed E-state index contributed by atoms with van der Waals surface area (Å²) < 4.78 is 4.75. The minimum absolute atomic E-state index is 0.0134. The van der Waals surface area contributed by atoms with Crippen molar-refractivity contribution < 1.29 is 19.4 Å². The predicted octanol–water partition coefficient (Wildman–Crippen LogP) is 1.43. The number of rotatable bonds is 5. The van der Waals surface area contributed by atoms with Crippen LogP contribution in [0.1, 0.15) is 17.4 Å². The van der Waals surface area contributed by atoms with Crippen molar-refractivity contribution in [2.75, 3.05) is 12.4 Å². The van der Waals surface area contributed by atoms with E-state index in [0.29, 0.717) is 6.61 Å². The van der Waals surface area contributed by atoms with Crippen LogP contribution in [0.4, 0.5) is 0 Å². The number of aromatic carboxylic acids is 1. The molecule has 0 radical (unpaired) electrons. The molecular formula is C10H11NO4S. The first-order chi connectivity index (χ1) is 7.63. The number of esters is 1. The molecule has 0 aliphatic carbocycles. The lowest BCUT2D eigenvalue weighted by Gasteiger charge is -2.01. The Kier molecular flexibility index (Phi) is 4.78. The fourth-order valence-corrected chi connectivity index (χ4v) is 1.60. The van der Waals surface area contributed by atoms with Crippen LogP contribution in [0.15, 0.2) is 23.2 Å². The fourth-order valence-electron chi connectivity index (χ4n) is 0.937. The molecule has 1 aromatic rings. The Morgan fingerprint density at radius 3 is 2.75 bits per heavy atom. The van der Waals surface area contributed by atoms with Crippen molar-refractivity contribution in [2.45, 2.75) is 11.8 Å². The number of ether oxygens (including phenoxy) is 1. The Morgan fingerprint density at radius 2 is 2.25 bits per heavy atom. The minimum atomic E-state index is -1.07. The highest BCUT2D eigenvalue weighted by Gasteiger charge is 2.06. The zero-order valence-electron chi connectivity index (χ0n) is 8.67. The van der Waals surface area contributed by atoms with Gasteiger partial charge >= 0.3 is 11.9 Å². The van der Waals surface area contributed by atoms with Crippen LogP contribution < -0.4 is 0 Å². The molecule has 0 aromatic carbocycles. The Labute approximate surface area is 96.8 Å². The predicted molar refractivity (Wildman–Crippen MR) is 58.6 cm³/mol. The van der Waals surface area contributed by atoms with Gasteiger partial charge < -0.3 is 9.84 Å². The van der Waals surface area contributed by atoms with Gasteiger partial charge in [-0.2, -0.15) is 0 Å². The molecule has 0 fully saturated rings. The maximum Gasteiger partial charge on any atom is 0.354 e. The summed E-state index contributed by atoms with van der Waals surface area (Å²) in [6.45, 7) is 2.10. The molecule has 0 spiro atoms. The number of carboxylic acids is 1. The highest BCUT2D eigenvalue weighted by molar-refractivity contribution is 8.00. The third kappa shape index (κ3) is 3.90. The van der Waals surface area contributed by atoms with Gasteiger partial charge in [0, 0.05) is 11.1 Å². The lowest BCUT2D eigenvalue weighted by Crippen LogP contribution is -2.06. The highest BCUT2D eigenvalue weighted by Crippen LogP contribution is 2.16. The molecule has 0 saturated heterocycles. The Hall–Kier alpha value is -1.56. The summed E-state index contributed by atoms with van der Waals surface area (Å²) in [5.74, 6) is -1.17. The summed E-state index contributed by atoms with van der Waals surface area (Å²) in [5, 5.41) is 8.62. The first-order valence-corrected chi connectivity index (χ1v) is 5.59. The first kappa shape index (κ1) is 12.5. The van der Waals surface area contributed by atoms with Crippen molar-refractivity contribution in [3.05, 3.63) is 24.0 Å². The molecule has 6 heteroatoms. The molecule has 0 unspecified atom stereocenters. The molecule has 0 atom stereocenters. The fraction of sp³-hybridized carbons (Fsp3) is 0.300. The van der Waals surface area contributed by atoms with Crippen molar-refractivity contribution in [2.24, 2.45) is 0 Å². The van der Waals surface area contributed by atoms with Crippen LogP contribution in [-0.4, -0.2) is 34.4 Å². The molecule has 5 nitrogen and oxygen atoms in total. The van der Waals surface area contributed by atoms with Crippen LogP contribution in [0.25, 0.3) is 0 Å². The Morgan fingerprint density at radius 1 is 1.50 bits per heavy atom. The van der Waals surface area contributed by atoms with Crippen LogP contribution in [0.3, 0.4) is 0 Å². The maximum atomic E-state index is 11.0. The summed E-state index contributed by atoms with van der Waals surface area (Å²) in [7, 11) is 0. The van der Waals surface area contributed by atoms with Crippen LogP contribution in [0.2, 0.25) is 0 Å². The Bertz CT molecular complexity index is 377. The van der Waals surface area contributed by atoms with E-state index in [-0.39, 0.29) is 17.4 Å². The van der Waals surface area contributed by atoms with E-state index in [1.54, 1.807) is 13.0 Å². The standard InChI is InChI=1S/C10H11NO4S/c1-2-15-9(12)6-16-7-3-4-8(10(13)14)11-5-7/h3-5H,2,6H2,1H3,(H,13,14). The van der Waals surface area contributed by atoms with Crippen LogP contribution in [0, 0.1) is 0 Å². The van der Waals surface area contributed by atoms with Crippen molar-refractivity contribution in [3.8, 4) is 0 Å². The third-order valence-electron chi connectivity index (χ3n) is 1.62. The average Bonchev–Trinajstić information content (AvgIpc) is 2.27. The number of carbonyl (C=O) groups excluding carboxylic acids is 1.